The van der Waals surface area contributed by atoms with Gasteiger partial charge in [0.25, 0.3) is 10.1 Å². The van der Waals surface area contributed by atoms with Gasteiger partial charge in [0.2, 0.25) is 0 Å². The third kappa shape index (κ3) is 3.17. The molecule has 4 atom stereocenters. The van der Waals surface area contributed by atoms with Gasteiger partial charge in [-0.1, -0.05) is 17.7 Å². The van der Waals surface area contributed by atoms with Crippen molar-refractivity contribution in [3.63, 3.8) is 0 Å². The Morgan fingerprint density at radius 1 is 1.15 bits per heavy atom. The fraction of sp³-hybridized carbons (Fsp3) is 0.500. The highest BCUT2D eigenvalue weighted by Gasteiger charge is 2.42. The number of ether oxygens (including phenoxy) is 1. The zero-order valence-corrected chi connectivity index (χ0v) is 11.5. The summed E-state index contributed by atoms with van der Waals surface area (Å²) < 4.78 is 33.3. The Morgan fingerprint density at radius 2 is 1.75 bits per heavy atom. The number of benzene rings is 1. The molecule has 0 unspecified atom stereocenters. The minimum atomic E-state index is -3.98. The summed E-state index contributed by atoms with van der Waals surface area (Å²) in [5, 5.41) is 28.0. The van der Waals surface area contributed by atoms with E-state index in [-0.39, 0.29) is 4.90 Å². The van der Waals surface area contributed by atoms with E-state index in [1.165, 1.54) is 12.1 Å². The molecule has 1 aliphatic rings. The molecule has 1 aromatic rings. The van der Waals surface area contributed by atoms with Gasteiger partial charge in [-0.25, -0.2) is 0 Å². The number of aliphatic hydroxyl groups excluding tert-OH is 3. The number of rotatable bonds is 4. The zero-order valence-electron chi connectivity index (χ0n) is 10.7. The van der Waals surface area contributed by atoms with Crippen molar-refractivity contribution in [2.24, 2.45) is 0 Å². The number of aryl methyl sites for hydroxylation is 1. The fourth-order valence-electron chi connectivity index (χ4n) is 1.80. The number of hydrogen-bond donors (Lipinski definition) is 3. The van der Waals surface area contributed by atoms with Crippen molar-refractivity contribution in [1.82, 2.24) is 0 Å². The molecule has 0 radical (unpaired) electrons. The minimum Gasteiger partial charge on any atom is -0.387 e. The number of aliphatic hydroxyl groups is 3. The molecule has 112 valence electrons. The van der Waals surface area contributed by atoms with E-state index in [2.05, 4.69) is 0 Å². The zero-order chi connectivity index (χ0) is 14.9. The summed E-state index contributed by atoms with van der Waals surface area (Å²) in [7, 11) is -3.98. The lowest BCUT2D eigenvalue weighted by Gasteiger charge is -2.14. The van der Waals surface area contributed by atoms with Gasteiger partial charge < -0.3 is 20.1 Å². The van der Waals surface area contributed by atoms with Crippen LogP contribution in [0, 0.1) is 6.92 Å². The molecule has 20 heavy (non-hydrogen) atoms. The van der Waals surface area contributed by atoms with E-state index in [0.717, 1.165) is 5.56 Å². The highest BCUT2D eigenvalue weighted by molar-refractivity contribution is 7.86. The van der Waals surface area contributed by atoms with Crippen molar-refractivity contribution < 1.29 is 32.7 Å². The van der Waals surface area contributed by atoms with Crippen LogP contribution in [0.15, 0.2) is 29.2 Å². The largest absolute Gasteiger partial charge is 0.387 e. The van der Waals surface area contributed by atoms with E-state index >= 15 is 0 Å². The van der Waals surface area contributed by atoms with Crippen LogP contribution in [-0.2, 0) is 19.0 Å². The Labute approximate surface area is 116 Å². The van der Waals surface area contributed by atoms with E-state index in [9.17, 15) is 23.7 Å². The van der Waals surface area contributed by atoms with Gasteiger partial charge in [0.15, 0.2) is 6.29 Å². The van der Waals surface area contributed by atoms with Gasteiger partial charge in [-0.15, -0.1) is 0 Å². The Kier molecular flexibility index (Phi) is 4.43. The topological polar surface area (TPSA) is 113 Å². The van der Waals surface area contributed by atoms with Crippen molar-refractivity contribution in [1.29, 1.82) is 0 Å². The van der Waals surface area contributed by atoms with Crippen LogP contribution in [0.5, 0.6) is 0 Å². The van der Waals surface area contributed by atoms with Crippen LogP contribution in [0.2, 0.25) is 0 Å². The lowest BCUT2D eigenvalue weighted by Crippen LogP contribution is -2.34. The van der Waals surface area contributed by atoms with Crippen molar-refractivity contribution in [2.45, 2.75) is 36.4 Å². The lowest BCUT2D eigenvalue weighted by molar-refractivity contribution is -0.131. The van der Waals surface area contributed by atoms with Crippen LogP contribution < -0.4 is 0 Å². The normalized spacial score (nSPS) is 30.6. The molecule has 0 spiro atoms. The molecular formula is C12H16O7S. The summed E-state index contributed by atoms with van der Waals surface area (Å²) in [4.78, 5) is -0.0170. The summed E-state index contributed by atoms with van der Waals surface area (Å²) in [6.07, 6.45) is -5.55. The molecule has 0 saturated carbocycles. The maximum Gasteiger partial charge on any atom is 0.297 e. The summed E-state index contributed by atoms with van der Waals surface area (Å²) in [5.41, 5.74) is 0.907. The summed E-state index contributed by atoms with van der Waals surface area (Å²) in [5.74, 6) is 0. The van der Waals surface area contributed by atoms with Crippen LogP contribution in [0.25, 0.3) is 0 Å². The Morgan fingerprint density at radius 3 is 2.25 bits per heavy atom. The highest BCUT2D eigenvalue weighted by Crippen LogP contribution is 2.21. The van der Waals surface area contributed by atoms with Gasteiger partial charge in [0.05, 0.1) is 11.5 Å². The van der Waals surface area contributed by atoms with Gasteiger partial charge in [0, 0.05) is 0 Å². The Balaban J connectivity index is 2.01. The first-order valence-electron chi connectivity index (χ1n) is 5.97. The fourth-order valence-corrected chi connectivity index (χ4v) is 2.71. The van der Waals surface area contributed by atoms with Crippen molar-refractivity contribution in [2.75, 3.05) is 6.61 Å². The molecule has 3 N–H and O–H groups in total. The molecule has 1 heterocycles. The maximum atomic E-state index is 11.9. The molecule has 7 nitrogen and oxygen atoms in total. The molecule has 1 aromatic carbocycles. The number of hydrogen-bond acceptors (Lipinski definition) is 7. The predicted molar refractivity (Wildman–Crippen MR) is 67.2 cm³/mol. The van der Waals surface area contributed by atoms with Gasteiger partial charge in [0.1, 0.15) is 18.3 Å². The monoisotopic (exact) mass is 304 g/mol. The smallest absolute Gasteiger partial charge is 0.297 e. The van der Waals surface area contributed by atoms with Crippen LogP contribution >= 0.6 is 0 Å². The third-order valence-corrected chi connectivity index (χ3v) is 4.33. The second-order valence-corrected chi connectivity index (χ2v) is 6.21. The first-order valence-corrected chi connectivity index (χ1v) is 7.38. The van der Waals surface area contributed by atoms with Crippen LogP contribution in [-0.4, -0.2) is 54.9 Å². The van der Waals surface area contributed by atoms with Crippen molar-refractivity contribution in [3.05, 3.63) is 29.8 Å². The molecule has 1 fully saturated rings. The van der Waals surface area contributed by atoms with Crippen LogP contribution in [0.1, 0.15) is 5.56 Å². The van der Waals surface area contributed by atoms with E-state index in [1.54, 1.807) is 12.1 Å². The van der Waals surface area contributed by atoms with E-state index in [1.807, 2.05) is 6.92 Å². The lowest BCUT2D eigenvalue weighted by atomic mass is 10.1. The second kappa shape index (κ2) is 5.76. The highest BCUT2D eigenvalue weighted by atomic mass is 32.2. The standard InChI is InChI=1S/C12H16O7S/c1-7-2-4-8(5-3-7)20(16,17)18-6-9-10(13)11(14)12(15)19-9/h2-5,9-15H,6H2,1H3/t9-,10-,11+,12+/m0/s1. The summed E-state index contributed by atoms with van der Waals surface area (Å²) in [6, 6.07) is 6.07. The van der Waals surface area contributed by atoms with Gasteiger partial charge >= 0.3 is 0 Å². The first-order chi connectivity index (χ1) is 9.31. The summed E-state index contributed by atoms with van der Waals surface area (Å²) in [6.45, 7) is 1.33. The van der Waals surface area contributed by atoms with Crippen molar-refractivity contribution >= 4 is 10.1 Å². The van der Waals surface area contributed by atoms with Crippen molar-refractivity contribution in [3.8, 4) is 0 Å². The van der Waals surface area contributed by atoms with Gasteiger partial charge in [-0.05, 0) is 19.1 Å². The van der Waals surface area contributed by atoms with Gasteiger partial charge in [-0.2, -0.15) is 8.42 Å². The van der Waals surface area contributed by atoms with E-state index in [4.69, 9.17) is 8.92 Å². The Hall–Kier alpha value is -1.03. The minimum absolute atomic E-state index is 0.0170. The molecular weight excluding hydrogens is 288 g/mol. The summed E-state index contributed by atoms with van der Waals surface area (Å²) >= 11 is 0. The predicted octanol–water partition coefficient (Wildman–Crippen LogP) is -0.861. The first kappa shape index (κ1) is 15.4. The average Bonchev–Trinajstić information content (AvgIpc) is 2.64. The molecule has 2 rings (SSSR count). The van der Waals surface area contributed by atoms with E-state index in [0.29, 0.717) is 0 Å². The SMILES string of the molecule is Cc1ccc(S(=O)(=O)OC[C@@H]2O[C@@H](O)[C@H](O)[C@H]2O)cc1. The molecule has 8 heteroatoms. The van der Waals surface area contributed by atoms with Crippen LogP contribution in [0.3, 0.4) is 0 Å². The molecule has 0 aliphatic carbocycles. The second-order valence-electron chi connectivity index (χ2n) is 4.60. The molecule has 0 aromatic heterocycles. The Bertz CT molecular complexity index is 554. The molecule has 0 amide bonds. The third-order valence-electron chi connectivity index (χ3n) is 3.03. The molecule has 0 bridgehead atoms. The molecule has 1 saturated heterocycles. The van der Waals surface area contributed by atoms with Crippen LogP contribution in [0.4, 0.5) is 0 Å². The quantitative estimate of drug-likeness (QED) is 0.620. The van der Waals surface area contributed by atoms with E-state index < -0.39 is 41.3 Å². The maximum absolute atomic E-state index is 11.9. The van der Waals surface area contributed by atoms with Gasteiger partial charge in [-0.3, -0.25) is 4.18 Å². The average molecular weight is 304 g/mol. The molecule has 1 aliphatic heterocycles.